The van der Waals surface area contributed by atoms with Gasteiger partial charge in [0.1, 0.15) is 6.04 Å². The summed E-state index contributed by atoms with van der Waals surface area (Å²) in [4.78, 5) is 32.9. The second-order valence-electron chi connectivity index (χ2n) is 3.54. The third kappa shape index (κ3) is 4.88. The molecule has 0 fully saturated rings. The van der Waals surface area contributed by atoms with Crippen molar-refractivity contribution in [2.45, 2.75) is 18.9 Å². The summed E-state index contributed by atoms with van der Waals surface area (Å²) in [5, 5.41) is 26.5. The monoisotopic (exact) mass is 287 g/mol. The van der Waals surface area contributed by atoms with Crippen molar-refractivity contribution in [2.75, 3.05) is 0 Å². The van der Waals surface area contributed by atoms with E-state index in [1.165, 1.54) is 12.1 Å². The van der Waals surface area contributed by atoms with Crippen molar-refractivity contribution in [3.05, 3.63) is 23.0 Å². The Labute approximate surface area is 112 Å². The molecule has 0 saturated carbocycles. The zero-order chi connectivity index (χ0) is 14.4. The summed E-state index contributed by atoms with van der Waals surface area (Å²) in [5.74, 6) is -3.23. The standard InChI is InChI=1S/C10H10ClN3O5/c11-7-3-1-5(13-14-7)9(17)12-6(10(18)19)2-4-8(15)16/h1,3,6H,2,4H2,(H,12,17)(H,15,16)(H,18,19)/t6-/m0/s1. The maximum absolute atomic E-state index is 11.6. The smallest absolute Gasteiger partial charge is 0.326 e. The van der Waals surface area contributed by atoms with Gasteiger partial charge >= 0.3 is 11.9 Å². The molecule has 19 heavy (non-hydrogen) atoms. The Balaban J connectivity index is 2.68. The molecule has 0 bridgehead atoms. The van der Waals surface area contributed by atoms with Crippen LogP contribution in [0.15, 0.2) is 12.1 Å². The fourth-order valence-electron chi connectivity index (χ4n) is 1.19. The number of hydrogen-bond acceptors (Lipinski definition) is 5. The quantitative estimate of drug-likeness (QED) is 0.680. The Morgan fingerprint density at radius 1 is 1.26 bits per heavy atom. The van der Waals surface area contributed by atoms with Gasteiger partial charge in [-0.3, -0.25) is 9.59 Å². The zero-order valence-corrected chi connectivity index (χ0v) is 10.3. The molecule has 1 amide bonds. The molecule has 0 aliphatic heterocycles. The van der Waals surface area contributed by atoms with Gasteiger partial charge in [0.15, 0.2) is 10.8 Å². The molecule has 1 aromatic heterocycles. The topological polar surface area (TPSA) is 129 Å². The minimum atomic E-state index is -1.32. The number of nitrogens with one attached hydrogen (secondary N) is 1. The Hall–Kier alpha value is -2.22. The van der Waals surface area contributed by atoms with Gasteiger partial charge in [-0.2, -0.15) is 0 Å². The van der Waals surface area contributed by atoms with Crippen LogP contribution in [0.25, 0.3) is 0 Å². The lowest BCUT2D eigenvalue weighted by molar-refractivity contribution is -0.140. The summed E-state index contributed by atoms with van der Waals surface area (Å²) in [6.45, 7) is 0. The van der Waals surface area contributed by atoms with E-state index in [0.29, 0.717) is 0 Å². The van der Waals surface area contributed by atoms with Crippen molar-refractivity contribution in [1.29, 1.82) is 0 Å². The molecule has 8 nitrogen and oxygen atoms in total. The largest absolute Gasteiger partial charge is 0.481 e. The number of aromatic nitrogens is 2. The summed E-state index contributed by atoms with van der Waals surface area (Å²) in [6, 6.07) is 1.30. The van der Waals surface area contributed by atoms with Crippen molar-refractivity contribution in [2.24, 2.45) is 0 Å². The Morgan fingerprint density at radius 3 is 2.42 bits per heavy atom. The fourth-order valence-corrected chi connectivity index (χ4v) is 1.30. The summed E-state index contributed by atoms with van der Waals surface area (Å²) in [7, 11) is 0. The van der Waals surface area contributed by atoms with E-state index in [1.54, 1.807) is 0 Å². The fraction of sp³-hybridized carbons (Fsp3) is 0.300. The van der Waals surface area contributed by atoms with Crippen molar-refractivity contribution in [1.82, 2.24) is 15.5 Å². The van der Waals surface area contributed by atoms with Gasteiger partial charge in [-0.25, -0.2) is 4.79 Å². The van der Waals surface area contributed by atoms with E-state index in [0.717, 1.165) is 0 Å². The average Bonchev–Trinajstić information content (AvgIpc) is 2.34. The van der Waals surface area contributed by atoms with Crippen LogP contribution in [0.2, 0.25) is 5.15 Å². The summed E-state index contributed by atoms with van der Waals surface area (Å²) in [6.07, 6.45) is -0.596. The lowest BCUT2D eigenvalue weighted by Gasteiger charge is -2.12. The highest BCUT2D eigenvalue weighted by molar-refractivity contribution is 6.29. The number of nitrogens with zero attached hydrogens (tertiary/aromatic N) is 2. The van der Waals surface area contributed by atoms with Crippen LogP contribution in [-0.2, 0) is 9.59 Å². The Kier molecular flexibility index (Phi) is 5.19. The van der Waals surface area contributed by atoms with E-state index in [-0.39, 0.29) is 23.7 Å². The van der Waals surface area contributed by atoms with Crippen LogP contribution >= 0.6 is 11.6 Å². The highest BCUT2D eigenvalue weighted by atomic mass is 35.5. The third-order valence-corrected chi connectivity index (χ3v) is 2.32. The molecule has 0 aliphatic carbocycles. The van der Waals surface area contributed by atoms with Crippen molar-refractivity contribution in [3.8, 4) is 0 Å². The van der Waals surface area contributed by atoms with Crippen molar-refractivity contribution >= 4 is 29.4 Å². The lowest BCUT2D eigenvalue weighted by Crippen LogP contribution is -2.41. The molecule has 0 aromatic carbocycles. The lowest BCUT2D eigenvalue weighted by atomic mass is 10.1. The first-order valence-electron chi connectivity index (χ1n) is 5.15. The van der Waals surface area contributed by atoms with Gasteiger partial charge in [-0.1, -0.05) is 11.6 Å². The molecule has 0 spiro atoms. The normalized spacial score (nSPS) is 11.6. The summed E-state index contributed by atoms with van der Waals surface area (Å²) in [5.41, 5.74) is -0.106. The molecule has 1 atom stereocenters. The first-order valence-corrected chi connectivity index (χ1v) is 5.52. The number of amides is 1. The van der Waals surface area contributed by atoms with Gasteiger partial charge in [-0.15, -0.1) is 10.2 Å². The maximum Gasteiger partial charge on any atom is 0.326 e. The van der Waals surface area contributed by atoms with Crippen LogP contribution in [0.5, 0.6) is 0 Å². The van der Waals surface area contributed by atoms with Crippen LogP contribution < -0.4 is 5.32 Å². The second-order valence-corrected chi connectivity index (χ2v) is 3.93. The van der Waals surface area contributed by atoms with Gasteiger partial charge < -0.3 is 15.5 Å². The molecule has 102 valence electrons. The number of halogens is 1. The van der Waals surface area contributed by atoms with Crippen LogP contribution in [0.1, 0.15) is 23.3 Å². The Morgan fingerprint density at radius 2 is 1.95 bits per heavy atom. The average molecular weight is 288 g/mol. The van der Waals surface area contributed by atoms with Gasteiger partial charge in [0, 0.05) is 6.42 Å². The predicted octanol–water partition coefficient (Wildman–Crippen LogP) is 0.178. The molecule has 9 heteroatoms. The van der Waals surface area contributed by atoms with E-state index < -0.39 is 23.9 Å². The minimum Gasteiger partial charge on any atom is -0.481 e. The highest BCUT2D eigenvalue weighted by Crippen LogP contribution is 2.04. The van der Waals surface area contributed by atoms with E-state index in [9.17, 15) is 14.4 Å². The van der Waals surface area contributed by atoms with Crippen LogP contribution in [0.3, 0.4) is 0 Å². The number of carbonyl (C=O) groups excluding carboxylic acids is 1. The summed E-state index contributed by atoms with van der Waals surface area (Å²) < 4.78 is 0. The predicted molar refractivity (Wildman–Crippen MR) is 62.8 cm³/mol. The van der Waals surface area contributed by atoms with E-state index in [2.05, 4.69) is 15.5 Å². The molecule has 0 unspecified atom stereocenters. The van der Waals surface area contributed by atoms with Crippen molar-refractivity contribution in [3.63, 3.8) is 0 Å². The van der Waals surface area contributed by atoms with E-state index in [1.807, 2.05) is 0 Å². The number of carboxylic acid groups (broad SMARTS) is 2. The number of rotatable bonds is 6. The van der Waals surface area contributed by atoms with Gasteiger partial charge in [0.25, 0.3) is 5.91 Å². The Bertz CT molecular complexity index is 490. The van der Waals surface area contributed by atoms with Gasteiger partial charge in [-0.05, 0) is 18.6 Å². The third-order valence-electron chi connectivity index (χ3n) is 2.11. The van der Waals surface area contributed by atoms with Crippen LogP contribution in [0.4, 0.5) is 0 Å². The molecule has 0 aliphatic rings. The van der Waals surface area contributed by atoms with E-state index >= 15 is 0 Å². The molecule has 0 radical (unpaired) electrons. The zero-order valence-electron chi connectivity index (χ0n) is 9.54. The highest BCUT2D eigenvalue weighted by Gasteiger charge is 2.22. The molecular weight excluding hydrogens is 278 g/mol. The molecule has 0 saturated heterocycles. The number of carboxylic acids is 2. The van der Waals surface area contributed by atoms with E-state index in [4.69, 9.17) is 21.8 Å². The number of hydrogen-bond donors (Lipinski definition) is 3. The van der Waals surface area contributed by atoms with Gasteiger partial charge in [0.2, 0.25) is 0 Å². The second kappa shape index (κ2) is 6.64. The number of aliphatic carboxylic acids is 2. The maximum atomic E-state index is 11.6. The molecule has 1 heterocycles. The van der Waals surface area contributed by atoms with Gasteiger partial charge in [0.05, 0.1) is 0 Å². The first-order chi connectivity index (χ1) is 8.90. The van der Waals surface area contributed by atoms with Crippen LogP contribution in [0, 0.1) is 0 Å². The summed E-state index contributed by atoms with van der Waals surface area (Å²) >= 11 is 5.49. The molecular formula is C10H10ClN3O5. The SMILES string of the molecule is O=C(O)CC[C@H](NC(=O)c1ccc(Cl)nn1)C(=O)O. The molecule has 1 rings (SSSR count). The first kappa shape index (κ1) is 14.8. The molecule has 1 aromatic rings. The van der Waals surface area contributed by atoms with Crippen molar-refractivity contribution < 1.29 is 24.6 Å². The number of carbonyl (C=O) groups is 3. The van der Waals surface area contributed by atoms with Crippen LogP contribution in [-0.4, -0.2) is 44.3 Å². The molecule has 3 N–H and O–H groups in total. The minimum absolute atomic E-state index is 0.0946.